The highest BCUT2D eigenvalue weighted by Crippen LogP contribution is 2.29. The molecule has 0 fully saturated rings. The number of aliphatic hydroxyl groups excluding tert-OH is 1. The molecule has 1 heterocycles. The zero-order valence-corrected chi connectivity index (χ0v) is 8.95. The molecule has 0 aliphatic rings. The first-order chi connectivity index (χ1) is 8.20. The van der Waals surface area contributed by atoms with E-state index in [9.17, 15) is 15.0 Å². The maximum Gasteiger partial charge on any atom is 0.314 e. The van der Waals surface area contributed by atoms with E-state index in [1.54, 1.807) is 36.5 Å². The van der Waals surface area contributed by atoms with Crippen molar-refractivity contribution in [2.24, 2.45) is 0 Å². The van der Waals surface area contributed by atoms with E-state index in [1.165, 1.54) is 6.20 Å². The summed E-state index contributed by atoms with van der Waals surface area (Å²) in [7, 11) is 0. The molecule has 2 rings (SSSR count). The van der Waals surface area contributed by atoms with Gasteiger partial charge in [0.25, 0.3) is 0 Å². The number of H-pyrrole nitrogens is 1. The standard InChI is InChI=1S/C12H12N2O3/c15-10(11-13-6-7-14-11)9(12(16)17)8-4-2-1-3-5-8/h1-7,9-10,15H,(H,13,14)(H,16,17). The van der Waals surface area contributed by atoms with Crippen molar-refractivity contribution in [1.82, 2.24) is 9.97 Å². The second kappa shape index (κ2) is 4.80. The number of carbonyl (C=O) groups is 1. The van der Waals surface area contributed by atoms with Crippen LogP contribution < -0.4 is 0 Å². The number of benzene rings is 1. The average Bonchev–Trinajstić information content (AvgIpc) is 2.83. The minimum atomic E-state index is -1.19. The van der Waals surface area contributed by atoms with Crippen molar-refractivity contribution in [3.05, 3.63) is 54.1 Å². The number of aromatic nitrogens is 2. The monoisotopic (exact) mass is 232 g/mol. The van der Waals surface area contributed by atoms with Gasteiger partial charge in [-0.1, -0.05) is 30.3 Å². The number of nitrogens with one attached hydrogen (secondary N) is 1. The quantitative estimate of drug-likeness (QED) is 0.741. The highest BCUT2D eigenvalue weighted by Gasteiger charge is 2.30. The summed E-state index contributed by atoms with van der Waals surface area (Å²) in [5, 5.41) is 19.2. The fourth-order valence-corrected chi connectivity index (χ4v) is 1.72. The van der Waals surface area contributed by atoms with E-state index in [4.69, 9.17) is 0 Å². The molecule has 5 heteroatoms. The molecule has 0 bridgehead atoms. The Morgan fingerprint density at radius 3 is 2.53 bits per heavy atom. The van der Waals surface area contributed by atoms with Crippen molar-refractivity contribution in [3.8, 4) is 0 Å². The highest BCUT2D eigenvalue weighted by molar-refractivity contribution is 5.77. The Kier molecular flexibility index (Phi) is 3.20. The third kappa shape index (κ3) is 2.34. The number of aliphatic carboxylic acids is 1. The number of aromatic amines is 1. The molecule has 1 aromatic carbocycles. The van der Waals surface area contributed by atoms with Gasteiger partial charge in [0.1, 0.15) is 17.8 Å². The van der Waals surface area contributed by atoms with Gasteiger partial charge in [0, 0.05) is 12.4 Å². The molecule has 0 aliphatic heterocycles. The van der Waals surface area contributed by atoms with Crippen LogP contribution in [-0.4, -0.2) is 26.2 Å². The molecule has 3 N–H and O–H groups in total. The lowest BCUT2D eigenvalue weighted by Gasteiger charge is -2.17. The van der Waals surface area contributed by atoms with Crippen molar-refractivity contribution in [2.45, 2.75) is 12.0 Å². The number of carboxylic acid groups (broad SMARTS) is 1. The molecule has 0 saturated heterocycles. The maximum absolute atomic E-state index is 11.2. The normalized spacial score (nSPS) is 14.2. The minimum Gasteiger partial charge on any atom is -0.481 e. The molecular weight excluding hydrogens is 220 g/mol. The fourth-order valence-electron chi connectivity index (χ4n) is 1.72. The highest BCUT2D eigenvalue weighted by atomic mass is 16.4. The van der Waals surface area contributed by atoms with Crippen LogP contribution >= 0.6 is 0 Å². The summed E-state index contributed by atoms with van der Waals surface area (Å²) in [5.74, 6) is -1.86. The third-order valence-electron chi connectivity index (χ3n) is 2.54. The molecule has 1 aromatic heterocycles. The fraction of sp³-hybridized carbons (Fsp3) is 0.167. The Morgan fingerprint density at radius 2 is 2.00 bits per heavy atom. The summed E-state index contributed by atoms with van der Waals surface area (Å²) in [4.78, 5) is 17.8. The lowest BCUT2D eigenvalue weighted by Crippen LogP contribution is -2.20. The first-order valence-electron chi connectivity index (χ1n) is 5.15. The number of nitrogens with zero attached hydrogens (tertiary/aromatic N) is 1. The van der Waals surface area contributed by atoms with Crippen molar-refractivity contribution < 1.29 is 15.0 Å². The Labute approximate surface area is 97.8 Å². The molecule has 0 amide bonds. The van der Waals surface area contributed by atoms with Crippen LogP contribution in [0.1, 0.15) is 23.4 Å². The Balaban J connectivity index is 2.34. The van der Waals surface area contributed by atoms with Gasteiger partial charge in [0.05, 0.1) is 0 Å². The van der Waals surface area contributed by atoms with E-state index in [-0.39, 0.29) is 5.82 Å². The van der Waals surface area contributed by atoms with Gasteiger partial charge in [0.2, 0.25) is 0 Å². The van der Waals surface area contributed by atoms with E-state index >= 15 is 0 Å². The van der Waals surface area contributed by atoms with E-state index < -0.39 is 18.0 Å². The third-order valence-corrected chi connectivity index (χ3v) is 2.54. The van der Waals surface area contributed by atoms with E-state index in [0.29, 0.717) is 5.56 Å². The summed E-state index contributed by atoms with van der Waals surface area (Å²) in [6.45, 7) is 0. The molecular formula is C12H12N2O3. The van der Waals surface area contributed by atoms with Gasteiger partial charge in [-0.15, -0.1) is 0 Å². The zero-order valence-electron chi connectivity index (χ0n) is 8.95. The topological polar surface area (TPSA) is 86.2 Å². The molecule has 5 nitrogen and oxygen atoms in total. The number of imidazole rings is 1. The van der Waals surface area contributed by atoms with Gasteiger partial charge in [-0.3, -0.25) is 4.79 Å². The van der Waals surface area contributed by atoms with E-state index in [0.717, 1.165) is 0 Å². The van der Waals surface area contributed by atoms with E-state index in [2.05, 4.69) is 9.97 Å². The van der Waals surface area contributed by atoms with Crippen LogP contribution in [0.4, 0.5) is 0 Å². The molecule has 0 saturated carbocycles. The molecule has 88 valence electrons. The van der Waals surface area contributed by atoms with Crippen LogP contribution in [0.3, 0.4) is 0 Å². The molecule has 2 aromatic rings. The second-order valence-corrected chi connectivity index (χ2v) is 3.65. The first-order valence-corrected chi connectivity index (χ1v) is 5.15. The second-order valence-electron chi connectivity index (χ2n) is 3.65. The summed E-state index contributed by atoms with van der Waals surface area (Å²) in [6.07, 6.45) is 1.83. The number of hydrogen-bond donors (Lipinski definition) is 3. The molecule has 0 radical (unpaired) electrons. The average molecular weight is 232 g/mol. The molecule has 0 spiro atoms. The summed E-state index contributed by atoms with van der Waals surface area (Å²) < 4.78 is 0. The summed E-state index contributed by atoms with van der Waals surface area (Å²) >= 11 is 0. The van der Waals surface area contributed by atoms with Crippen LogP contribution in [0, 0.1) is 0 Å². The minimum absolute atomic E-state index is 0.251. The largest absolute Gasteiger partial charge is 0.481 e. The SMILES string of the molecule is O=C(O)C(c1ccccc1)C(O)c1ncc[nH]1. The number of carboxylic acids is 1. The Bertz CT molecular complexity index is 482. The molecule has 17 heavy (non-hydrogen) atoms. The van der Waals surface area contributed by atoms with Gasteiger partial charge in [-0.2, -0.15) is 0 Å². The number of rotatable bonds is 4. The predicted molar refractivity (Wildman–Crippen MR) is 60.4 cm³/mol. The lowest BCUT2D eigenvalue weighted by atomic mass is 9.93. The summed E-state index contributed by atoms with van der Waals surface area (Å²) in [5.41, 5.74) is 0.545. The Hall–Kier alpha value is -2.14. The summed E-state index contributed by atoms with van der Waals surface area (Å²) in [6, 6.07) is 8.61. The van der Waals surface area contributed by atoms with Gasteiger partial charge in [-0.05, 0) is 5.56 Å². The van der Waals surface area contributed by atoms with Gasteiger partial charge >= 0.3 is 5.97 Å². The number of hydrogen-bond acceptors (Lipinski definition) is 3. The zero-order chi connectivity index (χ0) is 12.3. The van der Waals surface area contributed by atoms with Crippen LogP contribution in [0.5, 0.6) is 0 Å². The van der Waals surface area contributed by atoms with Gasteiger partial charge in [-0.25, -0.2) is 4.98 Å². The van der Waals surface area contributed by atoms with Crippen molar-refractivity contribution in [1.29, 1.82) is 0 Å². The van der Waals surface area contributed by atoms with Crippen LogP contribution in [0.15, 0.2) is 42.7 Å². The van der Waals surface area contributed by atoms with Gasteiger partial charge in [0.15, 0.2) is 0 Å². The van der Waals surface area contributed by atoms with Crippen molar-refractivity contribution >= 4 is 5.97 Å². The molecule has 0 aliphatic carbocycles. The smallest absolute Gasteiger partial charge is 0.314 e. The maximum atomic E-state index is 11.2. The Morgan fingerprint density at radius 1 is 1.29 bits per heavy atom. The van der Waals surface area contributed by atoms with Crippen LogP contribution in [0.2, 0.25) is 0 Å². The first kappa shape index (κ1) is 11.3. The van der Waals surface area contributed by atoms with Crippen molar-refractivity contribution in [3.63, 3.8) is 0 Å². The van der Waals surface area contributed by atoms with Crippen molar-refractivity contribution in [2.75, 3.05) is 0 Å². The van der Waals surface area contributed by atoms with Crippen LogP contribution in [-0.2, 0) is 4.79 Å². The van der Waals surface area contributed by atoms with Gasteiger partial charge < -0.3 is 15.2 Å². The number of aliphatic hydroxyl groups is 1. The molecule has 2 unspecified atom stereocenters. The predicted octanol–water partition coefficient (Wildman–Crippen LogP) is 1.31. The molecule has 2 atom stereocenters. The van der Waals surface area contributed by atoms with Crippen LogP contribution in [0.25, 0.3) is 0 Å². The van der Waals surface area contributed by atoms with E-state index in [1.807, 2.05) is 0 Å². The lowest BCUT2D eigenvalue weighted by molar-refractivity contribution is -0.141.